The summed E-state index contributed by atoms with van der Waals surface area (Å²) in [5, 5.41) is 15.9. The number of hydrogen-bond donors (Lipinski definition) is 1. The lowest BCUT2D eigenvalue weighted by atomic mass is 10.3. The Morgan fingerprint density at radius 2 is 2.36 bits per heavy atom. The summed E-state index contributed by atoms with van der Waals surface area (Å²) in [6.45, 7) is 2.11. The molecular formula is C9H10N2O3. The molecule has 0 radical (unpaired) electrons. The molecule has 1 aromatic rings. The van der Waals surface area contributed by atoms with E-state index in [9.17, 15) is 4.79 Å². The molecule has 0 spiro atoms. The highest BCUT2D eigenvalue weighted by molar-refractivity contribution is 5.84. The van der Waals surface area contributed by atoms with Gasteiger partial charge >= 0.3 is 5.97 Å². The molecule has 2 rings (SSSR count). The standard InChI is InChI=1S/C9H10N2O3/c1-5-4-6(5)9-11-10-7(14-9)2-3-8(12)13/h2-3,5-6H,4H2,1H3,(H,12,13)/b3-2+. The number of nitrogens with zero attached hydrogens (tertiary/aromatic N) is 2. The van der Waals surface area contributed by atoms with E-state index in [1.807, 2.05) is 0 Å². The highest BCUT2D eigenvalue weighted by Crippen LogP contribution is 2.46. The number of rotatable bonds is 3. The van der Waals surface area contributed by atoms with E-state index in [-0.39, 0.29) is 5.89 Å². The van der Waals surface area contributed by atoms with Crippen LogP contribution in [0.25, 0.3) is 6.08 Å². The number of carboxylic acid groups (broad SMARTS) is 1. The molecule has 1 N–H and O–H groups in total. The summed E-state index contributed by atoms with van der Waals surface area (Å²) >= 11 is 0. The second-order valence-electron chi connectivity index (χ2n) is 3.47. The number of carboxylic acids is 1. The van der Waals surface area contributed by atoms with Crippen molar-refractivity contribution >= 4 is 12.0 Å². The quantitative estimate of drug-likeness (QED) is 0.733. The Hall–Kier alpha value is -1.65. The minimum atomic E-state index is -1.02. The molecule has 0 aromatic carbocycles. The van der Waals surface area contributed by atoms with Crippen LogP contribution in [0.4, 0.5) is 0 Å². The summed E-state index contributed by atoms with van der Waals surface area (Å²) < 4.78 is 5.26. The van der Waals surface area contributed by atoms with Crippen molar-refractivity contribution in [3.63, 3.8) is 0 Å². The predicted molar refractivity (Wildman–Crippen MR) is 47.5 cm³/mol. The summed E-state index contributed by atoms with van der Waals surface area (Å²) in [4.78, 5) is 10.2. The van der Waals surface area contributed by atoms with Gasteiger partial charge in [-0.15, -0.1) is 10.2 Å². The minimum absolute atomic E-state index is 0.251. The molecule has 0 saturated heterocycles. The van der Waals surface area contributed by atoms with Gasteiger partial charge in [-0.1, -0.05) is 6.92 Å². The Labute approximate surface area is 80.4 Å². The van der Waals surface area contributed by atoms with Crippen molar-refractivity contribution in [3.05, 3.63) is 17.9 Å². The normalized spacial score (nSPS) is 25.5. The van der Waals surface area contributed by atoms with E-state index in [0.717, 1.165) is 12.5 Å². The zero-order valence-electron chi connectivity index (χ0n) is 7.67. The van der Waals surface area contributed by atoms with Gasteiger partial charge in [0.1, 0.15) is 0 Å². The fraction of sp³-hybridized carbons (Fsp3) is 0.444. The van der Waals surface area contributed by atoms with E-state index in [1.165, 1.54) is 6.08 Å². The Bertz CT molecular complexity index is 383. The molecule has 0 aliphatic heterocycles. The van der Waals surface area contributed by atoms with Crippen LogP contribution in [0, 0.1) is 5.92 Å². The number of carbonyl (C=O) groups is 1. The number of aliphatic carboxylic acids is 1. The average molecular weight is 194 g/mol. The first-order valence-electron chi connectivity index (χ1n) is 4.41. The van der Waals surface area contributed by atoms with Crippen LogP contribution in [-0.2, 0) is 4.79 Å². The Kier molecular flexibility index (Phi) is 2.07. The van der Waals surface area contributed by atoms with Crippen molar-refractivity contribution in [3.8, 4) is 0 Å². The second-order valence-corrected chi connectivity index (χ2v) is 3.47. The molecule has 5 heteroatoms. The Morgan fingerprint density at radius 3 is 2.93 bits per heavy atom. The van der Waals surface area contributed by atoms with Crippen LogP contribution < -0.4 is 0 Å². The lowest BCUT2D eigenvalue weighted by Crippen LogP contribution is -1.85. The first kappa shape index (κ1) is 8.93. The van der Waals surface area contributed by atoms with Gasteiger partial charge in [-0.3, -0.25) is 0 Å². The van der Waals surface area contributed by atoms with Crippen LogP contribution in [0.15, 0.2) is 10.5 Å². The van der Waals surface area contributed by atoms with Gasteiger partial charge in [0.05, 0.1) is 0 Å². The maximum atomic E-state index is 10.2. The first-order chi connectivity index (χ1) is 6.66. The fourth-order valence-corrected chi connectivity index (χ4v) is 1.27. The smallest absolute Gasteiger partial charge is 0.328 e. The third kappa shape index (κ3) is 1.81. The van der Waals surface area contributed by atoms with Crippen LogP contribution >= 0.6 is 0 Å². The zero-order valence-corrected chi connectivity index (χ0v) is 7.67. The van der Waals surface area contributed by atoms with E-state index in [1.54, 1.807) is 0 Å². The van der Waals surface area contributed by atoms with Crippen LogP contribution in [0.1, 0.15) is 31.0 Å². The van der Waals surface area contributed by atoms with Gasteiger partial charge in [0.15, 0.2) is 0 Å². The molecule has 5 nitrogen and oxygen atoms in total. The summed E-state index contributed by atoms with van der Waals surface area (Å²) in [5.74, 6) is 0.815. The van der Waals surface area contributed by atoms with Gasteiger partial charge in [0.2, 0.25) is 11.8 Å². The van der Waals surface area contributed by atoms with Crippen molar-refractivity contribution in [1.82, 2.24) is 10.2 Å². The Balaban J connectivity index is 2.06. The highest BCUT2D eigenvalue weighted by Gasteiger charge is 2.38. The number of aromatic nitrogens is 2. The lowest BCUT2D eigenvalue weighted by Gasteiger charge is -1.84. The summed E-state index contributed by atoms with van der Waals surface area (Å²) in [6.07, 6.45) is 3.35. The van der Waals surface area contributed by atoms with Crippen molar-refractivity contribution in [2.45, 2.75) is 19.3 Å². The fourth-order valence-electron chi connectivity index (χ4n) is 1.27. The molecule has 2 atom stereocenters. The monoisotopic (exact) mass is 194 g/mol. The molecule has 1 aromatic heterocycles. The molecule has 1 aliphatic rings. The van der Waals surface area contributed by atoms with Crippen LogP contribution in [0.5, 0.6) is 0 Å². The van der Waals surface area contributed by atoms with E-state index in [2.05, 4.69) is 17.1 Å². The average Bonchev–Trinajstić information content (AvgIpc) is 2.68. The minimum Gasteiger partial charge on any atom is -0.478 e. The van der Waals surface area contributed by atoms with Crippen molar-refractivity contribution in [2.24, 2.45) is 5.92 Å². The zero-order chi connectivity index (χ0) is 10.1. The first-order valence-corrected chi connectivity index (χ1v) is 4.41. The van der Waals surface area contributed by atoms with Crippen molar-refractivity contribution in [2.75, 3.05) is 0 Å². The lowest BCUT2D eigenvalue weighted by molar-refractivity contribution is -0.131. The van der Waals surface area contributed by atoms with Gasteiger partial charge in [0, 0.05) is 18.1 Å². The van der Waals surface area contributed by atoms with E-state index < -0.39 is 5.97 Å². The van der Waals surface area contributed by atoms with E-state index >= 15 is 0 Å². The third-order valence-corrected chi connectivity index (χ3v) is 2.25. The molecular weight excluding hydrogens is 184 g/mol. The molecule has 1 fully saturated rings. The van der Waals surface area contributed by atoms with Crippen molar-refractivity contribution < 1.29 is 14.3 Å². The van der Waals surface area contributed by atoms with Gasteiger partial charge in [0.25, 0.3) is 0 Å². The summed E-state index contributed by atoms with van der Waals surface area (Å²) in [7, 11) is 0. The van der Waals surface area contributed by atoms with Gasteiger partial charge < -0.3 is 9.52 Å². The number of hydrogen-bond acceptors (Lipinski definition) is 4. The van der Waals surface area contributed by atoms with Crippen molar-refractivity contribution in [1.29, 1.82) is 0 Å². The molecule has 2 unspecified atom stereocenters. The molecule has 1 heterocycles. The van der Waals surface area contributed by atoms with E-state index in [4.69, 9.17) is 9.52 Å². The van der Waals surface area contributed by atoms with Gasteiger partial charge in [-0.2, -0.15) is 0 Å². The summed E-state index contributed by atoms with van der Waals surface area (Å²) in [6, 6.07) is 0. The second kappa shape index (κ2) is 3.25. The van der Waals surface area contributed by atoms with Crippen LogP contribution in [0.3, 0.4) is 0 Å². The molecule has 1 aliphatic carbocycles. The topological polar surface area (TPSA) is 76.2 Å². The molecule has 1 saturated carbocycles. The maximum Gasteiger partial charge on any atom is 0.328 e. The molecule has 14 heavy (non-hydrogen) atoms. The SMILES string of the molecule is CC1CC1c1nnc(/C=C/C(=O)O)o1. The van der Waals surface area contributed by atoms with Gasteiger partial charge in [-0.05, 0) is 12.3 Å². The molecule has 0 bridgehead atoms. The molecule has 0 amide bonds. The Morgan fingerprint density at radius 1 is 1.64 bits per heavy atom. The third-order valence-electron chi connectivity index (χ3n) is 2.25. The largest absolute Gasteiger partial charge is 0.478 e. The highest BCUT2D eigenvalue weighted by atomic mass is 16.4. The predicted octanol–water partition coefficient (Wildman–Crippen LogP) is 1.29. The van der Waals surface area contributed by atoms with Gasteiger partial charge in [-0.25, -0.2) is 4.79 Å². The van der Waals surface area contributed by atoms with Crippen LogP contribution in [0.2, 0.25) is 0 Å². The van der Waals surface area contributed by atoms with E-state index in [0.29, 0.717) is 17.7 Å². The molecule has 74 valence electrons. The summed E-state index contributed by atoms with van der Waals surface area (Å²) in [5.41, 5.74) is 0. The maximum absolute atomic E-state index is 10.2. The van der Waals surface area contributed by atoms with Crippen LogP contribution in [-0.4, -0.2) is 21.3 Å².